The van der Waals surface area contributed by atoms with Gasteiger partial charge in [-0.05, 0) is 49.6 Å². The van der Waals surface area contributed by atoms with Crippen molar-refractivity contribution in [3.8, 4) is 17.1 Å². The van der Waals surface area contributed by atoms with Crippen molar-refractivity contribution in [2.24, 2.45) is 0 Å². The maximum absolute atomic E-state index is 12.9. The largest absolute Gasteiger partial charge is 0.497 e. The fraction of sp³-hybridized carbons (Fsp3) is 0.286. The van der Waals surface area contributed by atoms with Gasteiger partial charge in [-0.1, -0.05) is 40.5 Å². The first-order valence-corrected chi connectivity index (χ1v) is 10.3. The van der Waals surface area contributed by atoms with Crippen molar-refractivity contribution in [1.29, 1.82) is 0 Å². The monoisotopic (exact) mass is 446 g/mol. The smallest absolute Gasteiger partial charge is 0.322 e. The number of nitrogens with zero attached hydrogens (tertiary/aromatic N) is 3. The van der Waals surface area contributed by atoms with Gasteiger partial charge in [0.15, 0.2) is 0 Å². The topological polar surface area (TPSA) is 80.5 Å². The number of hydrogen-bond acceptors (Lipinski definition) is 5. The Labute approximate surface area is 183 Å². The highest BCUT2D eigenvalue weighted by atomic mass is 35.5. The summed E-state index contributed by atoms with van der Waals surface area (Å²) in [6.45, 7) is 0.592. The number of ether oxygens (including phenoxy) is 1. The van der Waals surface area contributed by atoms with Crippen LogP contribution in [0.1, 0.15) is 31.2 Å². The highest BCUT2D eigenvalue weighted by Crippen LogP contribution is 2.32. The summed E-state index contributed by atoms with van der Waals surface area (Å²) in [5.74, 6) is 1.58. The molecule has 7 nitrogen and oxygen atoms in total. The van der Waals surface area contributed by atoms with Gasteiger partial charge < -0.3 is 19.5 Å². The van der Waals surface area contributed by atoms with Crippen LogP contribution in [-0.2, 0) is 0 Å². The van der Waals surface area contributed by atoms with Gasteiger partial charge in [0, 0.05) is 17.8 Å². The van der Waals surface area contributed by atoms with E-state index < -0.39 is 0 Å². The van der Waals surface area contributed by atoms with Crippen molar-refractivity contribution in [2.75, 3.05) is 19.0 Å². The molecule has 1 aromatic heterocycles. The predicted molar refractivity (Wildman–Crippen MR) is 115 cm³/mol. The van der Waals surface area contributed by atoms with Crippen molar-refractivity contribution in [2.45, 2.75) is 25.3 Å². The number of benzene rings is 2. The summed E-state index contributed by atoms with van der Waals surface area (Å²) in [4.78, 5) is 19.2. The highest BCUT2D eigenvalue weighted by Gasteiger charge is 2.32. The molecule has 1 fully saturated rings. The molecule has 156 valence electrons. The van der Waals surface area contributed by atoms with Gasteiger partial charge in [0.2, 0.25) is 11.7 Å². The van der Waals surface area contributed by atoms with Gasteiger partial charge in [0.1, 0.15) is 11.8 Å². The van der Waals surface area contributed by atoms with Crippen LogP contribution in [0.25, 0.3) is 11.4 Å². The third-order valence-electron chi connectivity index (χ3n) is 4.99. The first-order valence-electron chi connectivity index (χ1n) is 9.56. The summed E-state index contributed by atoms with van der Waals surface area (Å²) in [5.41, 5.74) is 1.35. The van der Waals surface area contributed by atoms with E-state index >= 15 is 0 Å². The number of nitrogens with one attached hydrogen (secondary N) is 1. The standard InChI is InChI=1S/C21H20Cl2N4O3/c1-29-15-6-4-5-13(11-15)19-25-20(30-26-19)18-7-2-3-10-27(18)21(28)24-14-8-9-16(22)17(23)12-14/h4-6,8-9,11-12,18H,2-3,7,10H2,1H3,(H,24,28). The maximum atomic E-state index is 12.9. The van der Waals surface area contributed by atoms with Crippen LogP contribution in [-0.4, -0.2) is 34.7 Å². The number of carbonyl (C=O) groups is 1. The molecule has 0 spiro atoms. The molecule has 0 radical (unpaired) electrons. The van der Waals surface area contributed by atoms with Crippen LogP contribution >= 0.6 is 23.2 Å². The van der Waals surface area contributed by atoms with Crippen LogP contribution in [0.15, 0.2) is 47.0 Å². The Morgan fingerprint density at radius 3 is 2.87 bits per heavy atom. The van der Waals surface area contributed by atoms with Crippen LogP contribution in [0.4, 0.5) is 10.5 Å². The lowest BCUT2D eigenvalue weighted by molar-refractivity contribution is 0.142. The van der Waals surface area contributed by atoms with Crippen LogP contribution in [0.2, 0.25) is 10.0 Å². The molecule has 1 N–H and O–H groups in total. The number of methoxy groups -OCH3 is 1. The zero-order chi connectivity index (χ0) is 21.1. The second-order valence-corrected chi connectivity index (χ2v) is 7.77. The lowest BCUT2D eigenvalue weighted by atomic mass is 10.0. The molecule has 1 aliphatic rings. The Hall–Kier alpha value is -2.77. The molecule has 2 amide bonds. The molecule has 0 bridgehead atoms. The summed E-state index contributed by atoms with van der Waals surface area (Å²) < 4.78 is 10.8. The molecule has 1 saturated heterocycles. The molecular weight excluding hydrogens is 427 g/mol. The number of halogens is 2. The van der Waals surface area contributed by atoms with Crippen molar-refractivity contribution < 1.29 is 14.1 Å². The number of piperidine rings is 1. The Morgan fingerprint density at radius 1 is 1.20 bits per heavy atom. The molecule has 0 saturated carbocycles. The van der Waals surface area contributed by atoms with Crippen LogP contribution in [0.3, 0.4) is 0 Å². The SMILES string of the molecule is COc1cccc(-c2noc(C3CCCCN3C(=O)Nc3ccc(Cl)c(Cl)c3)n2)c1. The van der Waals surface area contributed by atoms with Crippen LogP contribution < -0.4 is 10.1 Å². The second-order valence-electron chi connectivity index (χ2n) is 6.95. The number of amides is 2. The number of anilines is 1. The van der Waals surface area contributed by atoms with Gasteiger partial charge in [-0.25, -0.2) is 4.79 Å². The van der Waals surface area contributed by atoms with Gasteiger partial charge in [0.25, 0.3) is 0 Å². The predicted octanol–water partition coefficient (Wildman–Crippen LogP) is 5.81. The molecule has 2 aromatic carbocycles. The third kappa shape index (κ3) is 4.37. The number of carbonyl (C=O) groups excluding carboxylic acids is 1. The average Bonchev–Trinajstić information content (AvgIpc) is 3.26. The molecule has 1 atom stereocenters. The molecule has 1 aliphatic heterocycles. The first kappa shape index (κ1) is 20.5. The number of aromatic nitrogens is 2. The van der Waals surface area contributed by atoms with Crippen molar-refractivity contribution in [1.82, 2.24) is 15.0 Å². The van der Waals surface area contributed by atoms with E-state index in [4.69, 9.17) is 32.5 Å². The number of hydrogen-bond donors (Lipinski definition) is 1. The van der Waals surface area contributed by atoms with E-state index in [1.54, 1.807) is 30.2 Å². The normalized spacial score (nSPS) is 16.4. The first-order chi connectivity index (χ1) is 14.5. The molecule has 1 unspecified atom stereocenters. The Balaban J connectivity index is 1.54. The molecule has 9 heteroatoms. The summed E-state index contributed by atoms with van der Waals surface area (Å²) in [7, 11) is 1.60. The fourth-order valence-electron chi connectivity index (χ4n) is 3.45. The van der Waals surface area contributed by atoms with E-state index in [0.29, 0.717) is 39.7 Å². The van der Waals surface area contributed by atoms with Crippen molar-refractivity contribution in [3.05, 3.63) is 58.4 Å². The third-order valence-corrected chi connectivity index (χ3v) is 5.73. The van der Waals surface area contributed by atoms with E-state index in [1.165, 1.54) is 0 Å². The van der Waals surface area contributed by atoms with Crippen LogP contribution in [0.5, 0.6) is 5.75 Å². The lowest BCUT2D eigenvalue weighted by Gasteiger charge is -2.33. The molecule has 3 aromatic rings. The summed E-state index contributed by atoms with van der Waals surface area (Å²) in [5, 5.41) is 7.79. The van der Waals surface area contributed by atoms with E-state index in [-0.39, 0.29) is 12.1 Å². The highest BCUT2D eigenvalue weighted by molar-refractivity contribution is 6.42. The van der Waals surface area contributed by atoms with Gasteiger partial charge in [-0.2, -0.15) is 4.98 Å². The summed E-state index contributed by atoms with van der Waals surface area (Å²) in [6.07, 6.45) is 2.62. The minimum absolute atomic E-state index is 0.251. The maximum Gasteiger partial charge on any atom is 0.322 e. The Bertz CT molecular complexity index is 1060. The molecule has 4 rings (SSSR count). The van der Waals surface area contributed by atoms with Gasteiger partial charge in [0.05, 0.1) is 17.2 Å². The van der Waals surface area contributed by atoms with Crippen molar-refractivity contribution in [3.63, 3.8) is 0 Å². The fourth-order valence-corrected chi connectivity index (χ4v) is 3.75. The van der Waals surface area contributed by atoms with Crippen LogP contribution in [0, 0.1) is 0 Å². The Morgan fingerprint density at radius 2 is 2.07 bits per heavy atom. The van der Waals surface area contributed by atoms with E-state index in [9.17, 15) is 4.79 Å². The second kappa shape index (κ2) is 8.93. The Kier molecular flexibility index (Phi) is 6.11. The molecule has 2 heterocycles. The molecule has 30 heavy (non-hydrogen) atoms. The summed E-state index contributed by atoms with van der Waals surface area (Å²) >= 11 is 12.0. The van der Waals surface area contributed by atoms with Gasteiger partial charge >= 0.3 is 6.03 Å². The van der Waals surface area contributed by atoms with Gasteiger partial charge in [-0.3, -0.25) is 0 Å². The minimum Gasteiger partial charge on any atom is -0.497 e. The number of rotatable bonds is 4. The van der Waals surface area contributed by atoms with Crippen molar-refractivity contribution >= 4 is 34.9 Å². The quantitative estimate of drug-likeness (QED) is 0.546. The molecule has 0 aliphatic carbocycles. The lowest BCUT2D eigenvalue weighted by Crippen LogP contribution is -2.41. The zero-order valence-corrected chi connectivity index (χ0v) is 17.8. The average molecular weight is 447 g/mol. The van der Waals surface area contributed by atoms with E-state index in [0.717, 1.165) is 24.8 Å². The van der Waals surface area contributed by atoms with E-state index in [1.807, 2.05) is 24.3 Å². The number of urea groups is 1. The van der Waals surface area contributed by atoms with Gasteiger partial charge in [-0.15, -0.1) is 0 Å². The van der Waals surface area contributed by atoms with E-state index in [2.05, 4.69) is 15.5 Å². The number of likely N-dealkylation sites (tertiary alicyclic amines) is 1. The zero-order valence-electron chi connectivity index (χ0n) is 16.3. The molecular formula is C21H20Cl2N4O3. The summed E-state index contributed by atoms with van der Waals surface area (Å²) in [6, 6.07) is 11.9. The minimum atomic E-state index is -0.298.